The van der Waals surface area contributed by atoms with Crippen LogP contribution < -0.4 is 10.6 Å². The van der Waals surface area contributed by atoms with Gasteiger partial charge in [0.15, 0.2) is 0 Å². The van der Waals surface area contributed by atoms with Gasteiger partial charge in [-0.15, -0.1) is 0 Å². The largest absolute Gasteiger partial charge is 0.444 e. The molecule has 3 unspecified atom stereocenters. The van der Waals surface area contributed by atoms with Crippen molar-refractivity contribution in [3.8, 4) is 0 Å². The number of rotatable bonds is 15. The number of benzene rings is 2. The predicted octanol–water partition coefficient (Wildman–Crippen LogP) is 7.19. The Morgan fingerprint density at radius 1 is 0.881 bits per heavy atom. The van der Waals surface area contributed by atoms with E-state index in [0.29, 0.717) is 6.54 Å². The molecule has 0 saturated heterocycles. The van der Waals surface area contributed by atoms with E-state index in [-0.39, 0.29) is 24.3 Å². The maximum absolute atomic E-state index is 14.6. The second-order valence-corrected chi connectivity index (χ2v) is 12.4. The van der Waals surface area contributed by atoms with E-state index >= 15 is 0 Å². The summed E-state index contributed by atoms with van der Waals surface area (Å²) in [6, 6.07) is 13.7. The number of amides is 3. The average Bonchev–Trinajstić information content (AvgIpc) is 2.91. The van der Waals surface area contributed by atoms with Gasteiger partial charge >= 0.3 is 6.09 Å². The molecule has 0 bridgehead atoms. The molecule has 232 valence electrons. The summed E-state index contributed by atoms with van der Waals surface area (Å²) >= 11 is 0. The average molecular weight is 580 g/mol. The number of nitrogens with zero attached hydrogens (tertiary/aromatic N) is 1. The Balaban J connectivity index is 2.61. The van der Waals surface area contributed by atoms with Gasteiger partial charge in [0.1, 0.15) is 17.7 Å². The number of aryl methyl sites for hydroxylation is 1. The molecule has 7 heteroatoms. The van der Waals surface area contributed by atoms with E-state index in [2.05, 4.69) is 24.5 Å². The van der Waals surface area contributed by atoms with E-state index < -0.39 is 23.8 Å². The Kier molecular flexibility index (Phi) is 14.1. The lowest BCUT2D eigenvalue weighted by Crippen LogP contribution is -2.54. The second kappa shape index (κ2) is 16.9. The van der Waals surface area contributed by atoms with Gasteiger partial charge in [0.2, 0.25) is 11.8 Å². The van der Waals surface area contributed by atoms with Crippen molar-refractivity contribution in [3.63, 3.8) is 0 Å². The number of alkyl carbamates (subject to hydrolysis) is 1. The molecule has 2 rings (SSSR count). The molecule has 2 aromatic rings. The van der Waals surface area contributed by atoms with E-state index in [1.165, 1.54) is 0 Å². The summed E-state index contributed by atoms with van der Waals surface area (Å²) in [6.07, 6.45) is 5.19. The lowest BCUT2D eigenvalue weighted by molar-refractivity contribution is -0.142. The van der Waals surface area contributed by atoms with Crippen molar-refractivity contribution in [1.29, 1.82) is 0 Å². The molecule has 0 aliphatic rings. The lowest BCUT2D eigenvalue weighted by Gasteiger charge is -2.36. The van der Waals surface area contributed by atoms with Crippen LogP contribution >= 0.6 is 0 Å². The molecule has 0 aromatic heterocycles. The van der Waals surface area contributed by atoms with Gasteiger partial charge < -0.3 is 20.3 Å². The summed E-state index contributed by atoms with van der Waals surface area (Å²) in [4.78, 5) is 43.4. The van der Waals surface area contributed by atoms with Crippen LogP contribution in [0.1, 0.15) is 108 Å². The van der Waals surface area contributed by atoms with Crippen LogP contribution in [0.25, 0.3) is 0 Å². The molecule has 0 radical (unpaired) electrons. The Morgan fingerprint density at radius 3 is 2.19 bits per heavy atom. The van der Waals surface area contributed by atoms with Crippen LogP contribution in [-0.4, -0.2) is 47.0 Å². The zero-order valence-corrected chi connectivity index (χ0v) is 27.1. The van der Waals surface area contributed by atoms with Crippen LogP contribution in [0.4, 0.5) is 4.79 Å². The van der Waals surface area contributed by atoms with E-state index in [0.717, 1.165) is 60.8 Å². The first-order valence-corrected chi connectivity index (χ1v) is 15.6. The number of nitrogens with one attached hydrogen (secondary N) is 2. The minimum Gasteiger partial charge on any atom is -0.444 e. The van der Waals surface area contributed by atoms with Crippen LogP contribution in [0.3, 0.4) is 0 Å². The van der Waals surface area contributed by atoms with Gasteiger partial charge in [-0.2, -0.15) is 0 Å². The van der Waals surface area contributed by atoms with Crippen molar-refractivity contribution < 1.29 is 19.1 Å². The zero-order valence-electron chi connectivity index (χ0n) is 27.1. The van der Waals surface area contributed by atoms with Crippen molar-refractivity contribution in [2.75, 3.05) is 6.54 Å². The summed E-state index contributed by atoms with van der Waals surface area (Å²) in [5, 5.41) is 6.03. The van der Waals surface area contributed by atoms with Crippen LogP contribution in [0.5, 0.6) is 0 Å². The first kappa shape index (κ1) is 34.8. The topological polar surface area (TPSA) is 87.7 Å². The molecular formula is C35H53N3O4. The fraction of sp³-hybridized carbons (Fsp3) is 0.571. The third-order valence-electron chi connectivity index (χ3n) is 7.42. The number of hydrogen-bond donors (Lipinski definition) is 2. The molecule has 0 aliphatic heterocycles. The summed E-state index contributed by atoms with van der Waals surface area (Å²) in [5.74, 6) is -0.505. The van der Waals surface area contributed by atoms with E-state index in [9.17, 15) is 14.4 Å². The number of unbranched alkanes of at least 4 members (excludes halogenated alkanes) is 3. The number of carbonyl (C=O) groups is 3. The van der Waals surface area contributed by atoms with Crippen molar-refractivity contribution >= 4 is 17.9 Å². The van der Waals surface area contributed by atoms with Crippen molar-refractivity contribution in [2.24, 2.45) is 0 Å². The molecule has 42 heavy (non-hydrogen) atoms. The minimum atomic E-state index is -0.915. The normalized spacial score (nSPS) is 13.5. The molecule has 0 aliphatic carbocycles. The van der Waals surface area contributed by atoms with Crippen LogP contribution in [-0.2, 0) is 20.7 Å². The first-order valence-electron chi connectivity index (χ1n) is 15.6. The summed E-state index contributed by atoms with van der Waals surface area (Å²) in [7, 11) is 0. The Bertz CT molecular complexity index is 1140. The van der Waals surface area contributed by atoms with Gasteiger partial charge in [0.25, 0.3) is 0 Å². The molecule has 0 spiro atoms. The summed E-state index contributed by atoms with van der Waals surface area (Å²) < 4.78 is 5.56. The van der Waals surface area contributed by atoms with Gasteiger partial charge in [-0.05, 0) is 76.6 Å². The third-order valence-corrected chi connectivity index (χ3v) is 7.42. The molecular weight excluding hydrogens is 526 g/mol. The highest BCUT2D eigenvalue weighted by Gasteiger charge is 2.37. The standard InChI is InChI=1S/C35H53N3O4/c1-9-11-12-16-23-38(31(32(39)36-26(4)18-10-2)29-22-17-19-25(3)27(29)5)33(40)30(24-28-20-14-13-15-21-28)37-34(41)42-35(6,7)8/h13-15,17,19-22,26,30-31H,9-12,16,18,23-24H2,1-8H3,(H,36,39)(H,37,41). The third kappa shape index (κ3) is 11.1. The van der Waals surface area contributed by atoms with E-state index in [1.54, 1.807) is 25.7 Å². The maximum atomic E-state index is 14.6. The fourth-order valence-corrected chi connectivity index (χ4v) is 5.12. The van der Waals surface area contributed by atoms with Crippen LogP contribution in [0, 0.1) is 13.8 Å². The van der Waals surface area contributed by atoms with Gasteiger partial charge in [0, 0.05) is 19.0 Å². The van der Waals surface area contributed by atoms with Gasteiger partial charge in [0.05, 0.1) is 0 Å². The highest BCUT2D eigenvalue weighted by molar-refractivity contribution is 5.92. The number of carbonyl (C=O) groups excluding carboxylic acids is 3. The van der Waals surface area contributed by atoms with Crippen molar-refractivity contribution in [1.82, 2.24) is 15.5 Å². The van der Waals surface area contributed by atoms with E-state index in [1.807, 2.05) is 69.3 Å². The zero-order chi connectivity index (χ0) is 31.3. The first-order chi connectivity index (χ1) is 19.9. The molecule has 7 nitrogen and oxygen atoms in total. The maximum Gasteiger partial charge on any atom is 0.408 e. The van der Waals surface area contributed by atoms with Crippen LogP contribution in [0.2, 0.25) is 0 Å². The number of hydrogen-bond acceptors (Lipinski definition) is 4. The number of ether oxygens (including phenoxy) is 1. The molecule has 0 fully saturated rings. The van der Waals surface area contributed by atoms with Gasteiger partial charge in [-0.1, -0.05) is 88.1 Å². The van der Waals surface area contributed by atoms with Crippen LogP contribution in [0.15, 0.2) is 48.5 Å². The molecule has 0 saturated carbocycles. The Hall–Kier alpha value is -3.35. The molecule has 3 atom stereocenters. The van der Waals surface area contributed by atoms with Gasteiger partial charge in [-0.25, -0.2) is 4.79 Å². The molecule has 0 heterocycles. The highest BCUT2D eigenvalue weighted by Crippen LogP contribution is 2.28. The highest BCUT2D eigenvalue weighted by atomic mass is 16.6. The smallest absolute Gasteiger partial charge is 0.408 e. The Morgan fingerprint density at radius 2 is 1.57 bits per heavy atom. The van der Waals surface area contributed by atoms with Gasteiger partial charge in [-0.3, -0.25) is 9.59 Å². The SMILES string of the molecule is CCCCCCN(C(=O)C(Cc1ccccc1)NC(=O)OC(C)(C)C)C(C(=O)NC(C)CCC)c1cccc(C)c1C. The minimum absolute atomic E-state index is 0.0350. The predicted molar refractivity (Wildman–Crippen MR) is 170 cm³/mol. The monoisotopic (exact) mass is 579 g/mol. The Labute approximate surface area is 253 Å². The summed E-state index contributed by atoms with van der Waals surface area (Å²) in [5.41, 5.74) is 3.02. The second-order valence-electron chi connectivity index (χ2n) is 12.4. The molecule has 2 N–H and O–H groups in total. The molecule has 3 amide bonds. The molecule has 2 aromatic carbocycles. The summed E-state index contributed by atoms with van der Waals surface area (Å²) in [6.45, 7) is 16.0. The van der Waals surface area contributed by atoms with Crippen molar-refractivity contribution in [2.45, 2.75) is 124 Å². The quantitative estimate of drug-likeness (QED) is 0.219. The fourth-order valence-electron chi connectivity index (χ4n) is 5.12. The van der Waals surface area contributed by atoms with E-state index in [4.69, 9.17) is 4.74 Å². The lowest BCUT2D eigenvalue weighted by atomic mass is 9.94. The van der Waals surface area contributed by atoms with Crippen molar-refractivity contribution in [3.05, 3.63) is 70.8 Å².